The van der Waals surface area contributed by atoms with E-state index in [-0.39, 0.29) is 4.90 Å². The smallest absolute Gasteiger partial charge is 0.240 e. The molecule has 5 heteroatoms. The minimum absolute atomic E-state index is 0.274. The van der Waals surface area contributed by atoms with Gasteiger partial charge in [0.1, 0.15) is 5.75 Å². The molecular weight excluding hydrogens is 274 g/mol. The number of nitrogens with one attached hydrogen (secondary N) is 1. The third kappa shape index (κ3) is 4.08. The molecule has 0 aromatic heterocycles. The van der Waals surface area contributed by atoms with Gasteiger partial charge in [0.05, 0.1) is 12.0 Å². The van der Waals surface area contributed by atoms with Crippen molar-refractivity contribution >= 4 is 10.0 Å². The summed E-state index contributed by atoms with van der Waals surface area (Å²) in [5, 5.41) is 0. The second-order valence-electron chi connectivity index (χ2n) is 4.93. The summed E-state index contributed by atoms with van der Waals surface area (Å²) in [4.78, 5) is 0.274. The Bertz CT molecular complexity index is 561. The Morgan fingerprint density at radius 3 is 2.55 bits per heavy atom. The third-order valence-electron chi connectivity index (χ3n) is 3.49. The maximum atomic E-state index is 12.1. The van der Waals surface area contributed by atoms with Crippen molar-refractivity contribution < 1.29 is 13.2 Å². The van der Waals surface area contributed by atoms with Gasteiger partial charge in [0.15, 0.2) is 0 Å². The van der Waals surface area contributed by atoms with Gasteiger partial charge < -0.3 is 4.74 Å². The van der Waals surface area contributed by atoms with Crippen LogP contribution in [0.25, 0.3) is 0 Å². The van der Waals surface area contributed by atoms with E-state index in [1.165, 1.54) is 18.4 Å². The van der Waals surface area contributed by atoms with Crippen LogP contribution in [-0.4, -0.2) is 22.1 Å². The van der Waals surface area contributed by atoms with E-state index < -0.39 is 10.0 Å². The van der Waals surface area contributed by atoms with E-state index >= 15 is 0 Å². The molecule has 1 aromatic rings. The average molecular weight is 295 g/mol. The highest BCUT2D eigenvalue weighted by atomic mass is 32.2. The SMILES string of the molecule is COc1ccc(S(=O)(=O)NCCC2=CCCCC2)cc1. The highest BCUT2D eigenvalue weighted by Gasteiger charge is 2.13. The molecule has 110 valence electrons. The average Bonchev–Trinajstić information content (AvgIpc) is 2.48. The number of hydrogen-bond acceptors (Lipinski definition) is 3. The van der Waals surface area contributed by atoms with Crippen molar-refractivity contribution in [2.24, 2.45) is 0 Å². The highest BCUT2D eigenvalue weighted by Crippen LogP contribution is 2.20. The standard InChI is InChI=1S/C15H21NO3S/c1-19-14-7-9-15(10-8-14)20(17,18)16-12-11-13-5-3-2-4-6-13/h5,7-10,16H,2-4,6,11-12H2,1H3. The molecule has 20 heavy (non-hydrogen) atoms. The molecule has 0 saturated carbocycles. The van der Waals surface area contributed by atoms with Crippen LogP contribution >= 0.6 is 0 Å². The van der Waals surface area contributed by atoms with Crippen LogP contribution in [0.3, 0.4) is 0 Å². The van der Waals surface area contributed by atoms with Gasteiger partial charge in [0, 0.05) is 6.54 Å². The summed E-state index contributed by atoms with van der Waals surface area (Å²) < 4.78 is 31.9. The van der Waals surface area contributed by atoms with Crippen LogP contribution in [0.2, 0.25) is 0 Å². The van der Waals surface area contributed by atoms with Crippen LogP contribution in [0, 0.1) is 0 Å². The number of hydrogen-bond donors (Lipinski definition) is 1. The summed E-state index contributed by atoms with van der Waals surface area (Å²) in [6.07, 6.45) is 7.74. The van der Waals surface area contributed by atoms with Crippen molar-refractivity contribution in [1.29, 1.82) is 0 Å². The Labute approximate surface area is 120 Å². The summed E-state index contributed by atoms with van der Waals surface area (Å²) >= 11 is 0. The van der Waals surface area contributed by atoms with E-state index in [1.54, 1.807) is 31.4 Å². The van der Waals surface area contributed by atoms with Gasteiger partial charge in [-0.2, -0.15) is 0 Å². The molecule has 0 amide bonds. The molecule has 0 bridgehead atoms. The topological polar surface area (TPSA) is 55.4 Å². The molecule has 0 saturated heterocycles. The minimum atomic E-state index is -3.42. The second-order valence-corrected chi connectivity index (χ2v) is 6.70. The van der Waals surface area contributed by atoms with Crippen molar-refractivity contribution in [2.45, 2.75) is 37.0 Å². The van der Waals surface area contributed by atoms with Gasteiger partial charge in [0.2, 0.25) is 10.0 Å². The summed E-state index contributed by atoms with van der Waals surface area (Å²) in [6.45, 7) is 0.459. The Hall–Kier alpha value is -1.33. The fraction of sp³-hybridized carbons (Fsp3) is 0.467. The molecule has 0 unspecified atom stereocenters. The Balaban J connectivity index is 1.91. The molecule has 4 nitrogen and oxygen atoms in total. The zero-order chi connectivity index (χ0) is 14.4. The lowest BCUT2D eigenvalue weighted by atomic mass is 9.97. The van der Waals surface area contributed by atoms with Crippen molar-refractivity contribution in [3.63, 3.8) is 0 Å². The van der Waals surface area contributed by atoms with Gasteiger partial charge >= 0.3 is 0 Å². The van der Waals surface area contributed by atoms with Gasteiger partial charge in [-0.15, -0.1) is 0 Å². The number of benzene rings is 1. The molecule has 0 radical (unpaired) electrons. The van der Waals surface area contributed by atoms with Crippen LogP contribution in [0.1, 0.15) is 32.1 Å². The fourth-order valence-electron chi connectivity index (χ4n) is 2.32. The van der Waals surface area contributed by atoms with Gasteiger partial charge in [-0.3, -0.25) is 0 Å². The zero-order valence-electron chi connectivity index (χ0n) is 11.8. The summed E-state index contributed by atoms with van der Waals surface area (Å²) in [7, 11) is -1.86. The maximum absolute atomic E-state index is 12.1. The van der Waals surface area contributed by atoms with Gasteiger partial charge in [-0.25, -0.2) is 13.1 Å². The largest absolute Gasteiger partial charge is 0.497 e. The monoisotopic (exact) mass is 295 g/mol. The van der Waals surface area contributed by atoms with E-state index in [9.17, 15) is 8.42 Å². The first-order chi connectivity index (χ1) is 9.62. The number of sulfonamides is 1. The lowest BCUT2D eigenvalue weighted by Gasteiger charge is -2.13. The molecule has 0 fully saturated rings. The lowest BCUT2D eigenvalue weighted by Crippen LogP contribution is -2.25. The predicted octanol–water partition coefficient (Wildman–Crippen LogP) is 2.86. The normalized spacial score (nSPS) is 15.8. The quantitative estimate of drug-likeness (QED) is 0.821. The molecule has 0 spiro atoms. The van der Waals surface area contributed by atoms with Gasteiger partial charge in [0.25, 0.3) is 0 Å². The summed E-state index contributed by atoms with van der Waals surface area (Å²) in [5.41, 5.74) is 1.37. The zero-order valence-corrected chi connectivity index (χ0v) is 12.6. The van der Waals surface area contributed by atoms with Gasteiger partial charge in [-0.05, 0) is 56.4 Å². The fourth-order valence-corrected chi connectivity index (χ4v) is 3.35. The first-order valence-corrected chi connectivity index (χ1v) is 8.42. The highest BCUT2D eigenvalue weighted by molar-refractivity contribution is 7.89. The first kappa shape index (κ1) is 15.1. The maximum Gasteiger partial charge on any atom is 0.240 e. The van der Waals surface area contributed by atoms with Crippen LogP contribution in [0.4, 0.5) is 0 Å². The van der Waals surface area contributed by atoms with Crippen LogP contribution in [0.5, 0.6) is 5.75 Å². The van der Waals surface area contributed by atoms with Crippen molar-refractivity contribution in [2.75, 3.05) is 13.7 Å². The molecule has 0 atom stereocenters. The van der Waals surface area contributed by atoms with E-state index in [1.807, 2.05) is 0 Å². The van der Waals surface area contributed by atoms with Crippen molar-refractivity contribution in [1.82, 2.24) is 4.72 Å². The Morgan fingerprint density at radius 2 is 1.95 bits per heavy atom. The molecule has 1 N–H and O–H groups in total. The van der Waals surface area contributed by atoms with Gasteiger partial charge in [-0.1, -0.05) is 11.6 Å². The van der Waals surface area contributed by atoms with Crippen molar-refractivity contribution in [3.8, 4) is 5.75 Å². The van der Waals surface area contributed by atoms with E-state index in [0.717, 1.165) is 19.3 Å². The number of ether oxygens (including phenoxy) is 1. The van der Waals surface area contributed by atoms with Crippen LogP contribution in [-0.2, 0) is 10.0 Å². The molecule has 0 heterocycles. The summed E-state index contributed by atoms with van der Waals surface area (Å²) in [6, 6.07) is 6.42. The second kappa shape index (κ2) is 6.90. The Morgan fingerprint density at radius 1 is 1.20 bits per heavy atom. The molecule has 1 aliphatic rings. The number of rotatable bonds is 6. The van der Waals surface area contributed by atoms with Crippen LogP contribution in [0.15, 0.2) is 40.8 Å². The lowest BCUT2D eigenvalue weighted by molar-refractivity contribution is 0.414. The first-order valence-electron chi connectivity index (χ1n) is 6.93. The molecule has 2 rings (SSSR count). The number of methoxy groups -OCH3 is 1. The minimum Gasteiger partial charge on any atom is -0.497 e. The molecular formula is C15H21NO3S. The molecule has 1 aliphatic carbocycles. The van der Waals surface area contributed by atoms with Crippen LogP contribution < -0.4 is 9.46 Å². The van der Waals surface area contributed by atoms with E-state index in [0.29, 0.717) is 12.3 Å². The molecule has 0 aliphatic heterocycles. The van der Waals surface area contributed by atoms with E-state index in [4.69, 9.17) is 4.74 Å². The van der Waals surface area contributed by atoms with Crippen molar-refractivity contribution in [3.05, 3.63) is 35.9 Å². The summed E-state index contributed by atoms with van der Waals surface area (Å²) in [5.74, 6) is 0.649. The Kier molecular flexibility index (Phi) is 5.20. The molecule has 1 aromatic carbocycles. The van der Waals surface area contributed by atoms with E-state index in [2.05, 4.69) is 10.8 Å². The third-order valence-corrected chi connectivity index (χ3v) is 4.97. The predicted molar refractivity (Wildman–Crippen MR) is 79.4 cm³/mol. The number of allylic oxidation sites excluding steroid dienone is 1.